The summed E-state index contributed by atoms with van der Waals surface area (Å²) < 4.78 is 4.68. The maximum Gasteiger partial charge on any atom is 0.254 e. The molecule has 0 radical (unpaired) electrons. The van der Waals surface area contributed by atoms with Gasteiger partial charge in [0.05, 0.1) is 6.54 Å². The largest absolute Gasteiger partial charge is 0.333 e. The summed E-state index contributed by atoms with van der Waals surface area (Å²) >= 11 is 0. The lowest BCUT2D eigenvalue weighted by molar-refractivity contribution is 0.0748. The SMILES string of the molecule is CCN(Cc1nonc1C)C(=O)c1cc(C)cc(C)c1. The lowest BCUT2D eigenvalue weighted by atomic mass is 10.1. The highest BCUT2D eigenvalue weighted by Crippen LogP contribution is 2.14. The van der Waals surface area contributed by atoms with Gasteiger partial charge in [-0.2, -0.15) is 0 Å². The zero-order chi connectivity index (χ0) is 14.7. The first-order chi connectivity index (χ1) is 9.51. The molecule has 0 aliphatic heterocycles. The number of carbonyl (C=O) groups excluding carboxylic acids is 1. The number of hydrogen-bond acceptors (Lipinski definition) is 4. The molecule has 0 N–H and O–H groups in total. The predicted octanol–water partition coefficient (Wildman–Crippen LogP) is 2.66. The van der Waals surface area contributed by atoms with Gasteiger partial charge in [0.2, 0.25) is 0 Å². The highest BCUT2D eigenvalue weighted by molar-refractivity contribution is 5.94. The summed E-state index contributed by atoms with van der Waals surface area (Å²) in [6.45, 7) is 8.78. The van der Waals surface area contributed by atoms with Crippen LogP contribution in [0.3, 0.4) is 0 Å². The van der Waals surface area contributed by atoms with E-state index in [1.807, 2.05) is 39.8 Å². The number of aryl methyl sites for hydroxylation is 3. The van der Waals surface area contributed by atoms with Crippen molar-refractivity contribution in [3.63, 3.8) is 0 Å². The monoisotopic (exact) mass is 273 g/mol. The van der Waals surface area contributed by atoms with Gasteiger partial charge in [0.1, 0.15) is 11.4 Å². The third-order valence-corrected chi connectivity index (χ3v) is 3.22. The van der Waals surface area contributed by atoms with Gasteiger partial charge in [-0.05, 0) is 39.8 Å². The number of hydrogen-bond donors (Lipinski definition) is 0. The van der Waals surface area contributed by atoms with Crippen LogP contribution in [0.4, 0.5) is 0 Å². The fourth-order valence-corrected chi connectivity index (χ4v) is 2.18. The van der Waals surface area contributed by atoms with Crippen molar-refractivity contribution in [3.05, 3.63) is 46.3 Å². The maximum absolute atomic E-state index is 12.6. The highest BCUT2D eigenvalue weighted by Gasteiger charge is 2.18. The number of carbonyl (C=O) groups is 1. The molecule has 106 valence electrons. The van der Waals surface area contributed by atoms with Gasteiger partial charge in [-0.15, -0.1) is 0 Å². The number of nitrogens with zero attached hydrogens (tertiary/aromatic N) is 3. The van der Waals surface area contributed by atoms with Crippen molar-refractivity contribution in [2.75, 3.05) is 6.54 Å². The number of amides is 1. The standard InChI is InChI=1S/C15H19N3O2/c1-5-18(9-14-12(4)16-20-17-14)15(19)13-7-10(2)6-11(3)8-13/h6-8H,5,9H2,1-4H3. The van der Waals surface area contributed by atoms with Gasteiger partial charge in [-0.25, -0.2) is 4.63 Å². The summed E-state index contributed by atoms with van der Waals surface area (Å²) in [5.74, 6) is 0.00157. The molecule has 1 aromatic carbocycles. The average Bonchev–Trinajstić information content (AvgIpc) is 2.79. The molecule has 0 bridgehead atoms. The van der Waals surface area contributed by atoms with Crippen LogP contribution in [0.1, 0.15) is 39.8 Å². The minimum Gasteiger partial charge on any atom is -0.333 e. The van der Waals surface area contributed by atoms with Gasteiger partial charge in [0.15, 0.2) is 0 Å². The fraction of sp³-hybridized carbons (Fsp3) is 0.400. The Morgan fingerprint density at radius 3 is 2.30 bits per heavy atom. The van der Waals surface area contributed by atoms with Crippen molar-refractivity contribution in [1.29, 1.82) is 0 Å². The summed E-state index contributed by atoms with van der Waals surface area (Å²) in [4.78, 5) is 14.3. The van der Waals surface area contributed by atoms with Crippen molar-refractivity contribution in [3.8, 4) is 0 Å². The van der Waals surface area contributed by atoms with Crippen molar-refractivity contribution < 1.29 is 9.42 Å². The molecule has 0 unspecified atom stereocenters. The van der Waals surface area contributed by atoms with E-state index < -0.39 is 0 Å². The van der Waals surface area contributed by atoms with Crippen LogP contribution in [0.5, 0.6) is 0 Å². The van der Waals surface area contributed by atoms with Crippen LogP contribution >= 0.6 is 0 Å². The third kappa shape index (κ3) is 3.04. The fourth-order valence-electron chi connectivity index (χ4n) is 2.18. The Hall–Kier alpha value is -2.17. The van der Waals surface area contributed by atoms with Gasteiger partial charge < -0.3 is 4.90 Å². The van der Waals surface area contributed by atoms with Crippen LogP contribution in [0, 0.1) is 20.8 Å². The molecule has 1 amide bonds. The smallest absolute Gasteiger partial charge is 0.254 e. The van der Waals surface area contributed by atoms with Gasteiger partial charge in [0, 0.05) is 12.1 Å². The number of benzene rings is 1. The molecule has 0 fully saturated rings. The minimum atomic E-state index is 0.00157. The van der Waals surface area contributed by atoms with E-state index in [0.717, 1.165) is 16.8 Å². The first kappa shape index (κ1) is 14.2. The Morgan fingerprint density at radius 2 is 1.80 bits per heavy atom. The van der Waals surface area contributed by atoms with Crippen LogP contribution < -0.4 is 0 Å². The van der Waals surface area contributed by atoms with Crippen LogP contribution in [0.15, 0.2) is 22.8 Å². The molecular weight excluding hydrogens is 254 g/mol. The Kier molecular flexibility index (Phi) is 4.17. The Morgan fingerprint density at radius 1 is 1.15 bits per heavy atom. The zero-order valence-electron chi connectivity index (χ0n) is 12.3. The normalized spacial score (nSPS) is 10.6. The van der Waals surface area contributed by atoms with Crippen molar-refractivity contribution in [2.45, 2.75) is 34.2 Å². The first-order valence-corrected chi connectivity index (χ1v) is 6.67. The highest BCUT2D eigenvalue weighted by atomic mass is 16.6. The molecule has 5 nitrogen and oxygen atoms in total. The van der Waals surface area contributed by atoms with Crippen LogP contribution in [-0.2, 0) is 6.54 Å². The van der Waals surface area contributed by atoms with Gasteiger partial charge >= 0.3 is 0 Å². The zero-order valence-corrected chi connectivity index (χ0v) is 12.3. The number of rotatable bonds is 4. The van der Waals surface area contributed by atoms with Crippen LogP contribution in [0.25, 0.3) is 0 Å². The molecule has 0 aliphatic rings. The predicted molar refractivity (Wildman–Crippen MR) is 75.4 cm³/mol. The van der Waals surface area contributed by atoms with E-state index >= 15 is 0 Å². The van der Waals surface area contributed by atoms with E-state index in [0.29, 0.717) is 24.3 Å². The molecule has 0 spiro atoms. The second kappa shape index (κ2) is 5.86. The second-order valence-corrected chi connectivity index (χ2v) is 4.99. The summed E-state index contributed by atoms with van der Waals surface area (Å²) in [5.41, 5.74) is 4.30. The van der Waals surface area contributed by atoms with Crippen LogP contribution in [0.2, 0.25) is 0 Å². The van der Waals surface area contributed by atoms with Gasteiger partial charge in [0.25, 0.3) is 5.91 Å². The average molecular weight is 273 g/mol. The molecule has 2 rings (SSSR count). The van der Waals surface area contributed by atoms with Gasteiger partial charge in [-0.1, -0.05) is 27.5 Å². The molecule has 5 heteroatoms. The summed E-state index contributed by atoms with van der Waals surface area (Å²) in [5, 5.41) is 7.57. The van der Waals surface area contributed by atoms with E-state index in [2.05, 4.69) is 21.0 Å². The quantitative estimate of drug-likeness (QED) is 0.859. The van der Waals surface area contributed by atoms with E-state index in [1.54, 1.807) is 4.90 Å². The van der Waals surface area contributed by atoms with E-state index in [9.17, 15) is 4.79 Å². The molecule has 0 atom stereocenters. The first-order valence-electron chi connectivity index (χ1n) is 6.67. The molecule has 0 aliphatic carbocycles. The topological polar surface area (TPSA) is 59.2 Å². The molecular formula is C15H19N3O2. The number of aromatic nitrogens is 2. The maximum atomic E-state index is 12.6. The van der Waals surface area contributed by atoms with E-state index in [4.69, 9.17) is 0 Å². The van der Waals surface area contributed by atoms with Crippen molar-refractivity contribution in [2.24, 2.45) is 0 Å². The molecule has 0 saturated carbocycles. The van der Waals surface area contributed by atoms with E-state index in [1.165, 1.54) is 0 Å². The molecule has 20 heavy (non-hydrogen) atoms. The lowest BCUT2D eigenvalue weighted by Gasteiger charge is -2.20. The second-order valence-electron chi connectivity index (χ2n) is 4.99. The molecule has 0 saturated heterocycles. The molecule has 1 aromatic heterocycles. The Balaban J connectivity index is 2.22. The lowest BCUT2D eigenvalue weighted by Crippen LogP contribution is -2.30. The molecule has 1 heterocycles. The summed E-state index contributed by atoms with van der Waals surface area (Å²) in [6.07, 6.45) is 0. The van der Waals surface area contributed by atoms with Gasteiger partial charge in [-0.3, -0.25) is 4.79 Å². The Labute approximate surface area is 118 Å². The molecule has 2 aromatic rings. The van der Waals surface area contributed by atoms with Crippen LogP contribution in [-0.4, -0.2) is 27.7 Å². The summed E-state index contributed by atoms with van der Waals surface area (Å²) in [6, 6.07) is 5.87. The van der Waals surface area contributed by atoms with Crippen molar-refractivity contribution in [1.82, 2.24) is 15.2 Å². The third-order valence-electron chi connectivity index (χ3n) is 3.22. The van der Waals surface area contributed by atoms with E-state index in [-0.39, 0.29) is 5.91 Å². The van der Waals surface area contributed by atoms with Crippen molar-refractivity contribution >= 4 is 5.91 Å². The Bertz CT molecular complexity index is 599. The minimum absolute atomic E-state index is 0.00157. The summed E-state index contributed by atoms with van der Waals surface area (Å²) in [7, 11) is 0.